The van der Waals surface area contributed by atoms with E-state index in [2.05, 4.69) is 5.32 Å². The molecule has 2 aromatic rings. The number of carbonyl (C=O) groups excluding carboxylic acids is 2. The molecule has 0 bridgehead atoms. The van der Waals surface area contributed by atoms with Crippen LogP contribution in [-0.2, 0) is 16.0 Å². The van der Waals surface area contributed by atoms with Crippen LogP contribution < -0.4 is 10.2 Å². The fraction of sp³-hybridized carbons (Fsp3) is 0.300. The summed E-state index contributed by atoms with van der Waals surface area (Å²) in [5.41, 5.74) is 1.93. The predicted octanol–water partition coefficient (Wildman–Crippen LogP) is 3.92. The van der Waals surface area contributed by atoms with Crippen molar-refractivity contribution in [3.63, 3.8) is 0 Å². The van der Waals surface area contributed by atoms with Gasteiger partial charge in [0.2, 0.25) is 11.8 Å². The number of fused-ring (bicyclic) bond motifs is 1. The highest BCUT2D eigenvalue weighted by Crippen LogP contribution is 2.39. The standard InChI is InChI=1S/C20H21ClN2O2S/c1-2-17-20(25)23(16-5-3-4-6-18(16)26-17)13-19(24)22-12-11-14-7-9-15(21)10-8-14/h3-10,17H,2,11-13H2,1H3,(H,22,24). The van der Waals surface area contributed by atoms with Gasteiger partial charge in [-0.15, -0.1) is 11.8 Å². The van der Waals surface area contributed by atoms with Crippen molar-refractivity contribution < 1.29 is 9.59 Å². The van der Waals surface area contributed by atoms with Gasteiger partial charge in [0, 0.05) is 16.5 Å². The summed E-state index contributed by atoms with van der Waals surface area (Å²) in [7, 11) is 0. The van der Waals surface area contributed by atoms with Gasteiger partial charge in [0.25, 0.3) is 0 Å². The highest BCUT2D eigenvalue weighted by molar-refractivity contribution is 8.01. The first-order valence-electron chi connectivity index (χ1n) is 8.66. The van der Waals surface area contributed by atoms with E-state index in [0.29, 0.717) is 11.6 Å². The van der Waals surface area contributed by atoms with Crippen LogP contribution in [0.25, 0.3) is 0 Å². The highest BCUT2D eigenvalue weighted by Gasteiger charge is 2.33. The number of hydrogen-bond acceptors (Lipinski definition) is 3. The number of halogens is 1. The number of carbonyl (C=O) groups is 2. The summed E-state index contributed by atoms with van der Waals surface area (Å²) in [4.78, 5) is 27.7. The van der Waals surface area contributed by atoms with E-state index < -0.39 is 0 Å². The normalized spacial score (nSPS) is 16.3. The lowest BCUT2D eigenvalue weighted by Crippen LogP contribution is -2.46. The summed E-state index contributed by atoms with van der Waals surface area (Å²) in [5, 5.41) is 3.47. The summed E-state index contributed by atoms with van der Waals surface area (Å²) in [6.07, 6.45) is 1.47. The van der Waals surface area contributed by atoms with Crippen molar-refractivity contribution >= 4 is 40.9 Å². The van der Waals surface area contributed by atoms with Crippen LogP contribution in [0.15, 0.2) is 53.4 Å². The fourth-order valence-electron chi connectivity index (χ4n) is 2.89. The Morgan fingerprint density at radius 1 is 1.19 bits per heavy atom. The molecular formula is C20H21ClN2O2S. The smallest absolute Gasteiger partial charge is 0.240 e. The minimum absolute atomic E-state index is 0.00375. The maximum atomic E-state index is 12.7. The number of hydrogen-bond donors (Lipinski definition) is 1. The quantitative estimate of drug-likeness (QED) is 0.816. The topological polar surface area (TPSA) is 49.4 Å². The molecule has 1 heterocycles. The zero-order valence-corrected chi connectivity index (χ0v) is 16.1. The van der Waals surface area contributed by atoms with Crippen LogP contribution in [0.3, 0.4) is 0 Å². The first-order chi connectivity index (χ1) is 12.6. The zero-order chi connectivity index (χ0) is 18.5. The molecule has 3 rings (SSSR count). The van der Waals surface area contributed by atoms with Crippen LogP contribution in [0.4, 0.5) is 5.69 Å². The van der Waals surface area contributed by atoms with Gasteiger partial charge in [-0.2, -0.15) is 0 Å². The van der Waals surface area contributed by atoms with E-state index in [1.54, 1.807) is 16.7 Å². The van der Waals surface area contributed by atoms with Crippen LogP contribution in [-0.4, -0.2) is 30.2 Å². The van der Waals surface area contributed by atoms with E-state index in [1.165, 1.54) is 0 Å². The minimum atomic E-state index is -0.149. The molecule has 1 N–H and O–H groups in total. The van der Waals surface area contributed by atoms with E-state index >= 15 is 0 Å². The summed E-state index contributed by atoms with van der Waals surface area (Å²) < 4.78 is 0. The molecule has 2 aromatic carbocycles. The molecule has 26 heavy (non-hydrogen) atoms. The van der Waals surface area contributed by atoms with Gasteiger partial charge in [-0.25, -0.2) is 0 Å². The number of thioether (sulfide) groups is 1. The van der Waals surface area contributed by atoms with Gasteiger partial charge >= 0.3 is 0 Å². The molecular weight excluding hydrogens is 368 g/mol. The lowest BCUT2D eigenvalue weighted by Gasteiger charge is -2.32. The molecule has 2 amide bonds. The molecule has 4 nitrogen and oxygen atoms in total. The Balaban J connectivity index is 1.60. The van der Waals surface area contributed by atoms with Gasteiger partial charge in [0.05, 0.1) is 10.9 Å². The van der Waals surface area contributed by atoms with Gasteiger partial charge < -0.3 is 10.2 Å². The predicted molar refractivity (Wildman–Crippen MR) is 107 cm³/mol. The maximum Gasteiger partial charge on any atom is 0.240 e. The number of benzene rings is 2. The Morgan fingerprint density at radius 2 is 1.92 bits per heavy atom. The van der Waals surface area contributed by atoms with E-state index in [-0.39, 0.29) is 23.6 Å². The summed E-state index contributed by atoms with van der Waals surface area (Å²) in [6, 6.07) is 15.3. The van der Waals surface area contributed by atoms with Crippen molar-refractivity contribution in [2.24, 2.45) is 0 Å². The SMILES string of the molecule is CCC1Sc2ccccc2N(CC(=O)NCCc2ccc(Cl)cc2)C1=O. The average molecular weight is 389 g/mol. The summed E-state index contributed by atoms with van der Waals surface area (Å²) in [5.74, 6) is -0.145. The molecule has 1 atom stereocenters. The van der Waals surface area contributed by atoms with Crippen LogP contribution >= 0.6 is 23.4 Å². The molecule has 1 aliphatic heterocycles. The van der Waals surface area contributed by atoms with Gasteiger partial charge in [-0.1, -0.05) is 42.8 Å². The Bertz CT molecular complexity index is 795. The van der Waals surface area contributed by atoms with Gasteiger partial charge in [-0.3, -0.25) is 9.59 Å². The molecule has 0 spiro atoms. The van der Waals surface area contributed by atoms with Crippen molar-refractivity contribution in [3.05, 3.63) is 59.1 Å². The Morgan fingerprint density at radius 3 is 2.65 bits per heavy atom. The van der Waals surface area contributed by atoms with Crippen LogP contribution in [0, 0.1) is 0 Å². The molecule has 0 aliphatic carbocycles. The second-order valence-electron chi connectivity index (χ2n) is 6.13. The molecule has 6 heteroatoms. The first-order valence-corrected chi connectivity index (χ1v) is 9.92. The highest BCUT2D eigenvalue weighted by atomic mass is 35.5. The fourth-order valence-corrected chi connectivity index (χ4v) is 4.18. The lowest BCUT2D eigenvalue weighted by molar-refractivity contribution is -0.123. The maximum absolute atomic E-state index is 12.7. The number of para-hydroxylation sites is 1. The molecule has 0 aromatic heterocycles. The summed E-state index contributed by atoms with van der Waals surface area (Å²) in [6.45, 7) is 2.57. The van der Waals surface area contributed by atoms with Crippen LogP contribution in [0.1, 0.15) is 18.9 Å². The monoisotopic (exact) mass is 388 g/mol. The van der Waals surface area contributed by atoms with Crippen molar-refractivity contribution in [3.8, 4) is 0 Å². The molecule has 0 fully saturated rings. The van der Waals surface area contributed by atoms with Crippen LogP contribution in [0.2, 0.25) is 5.02 Å². The first kappa shape index (κ1) is 18.8. The number of nitrogens with zero attached hydrogens (tertiary/aromatic N) is 1. The van der Waals surface area contributed by atoms with Crippen molar-refractivity contribution in [1.82, 2.24) is 5.32 Å². The Labute approximate surface area is 162 Å². The number of anilines is 1. The Hall–Kier alpha value is -1.98. The molecule has 0 saturated heterocycles. The average Bonchev–Trinajstić information content (AvgIpc) is 2.65. The molecule has 0 radical (unpaired) electrons. The second kappa shape index (κ2) is 8.60. The van der Waals surface area contributed by atoms with Crippen molar-refractivity contribution in [1.29, 1.82) is 0 Å². The molecule has 1 unspecified atom stereocenters. The number of nitrogens with one attached hydrogen (secondary N) is 1. The van der Waals surface area contributed by atoms with E-state index in [1.807, 2.05) is 55.5 Å². The second-order valence-corrected chi connectivity index (χ2v) is 7.81. The molecule has 1 aliphatic rings. The summed E-state index contributed by atoms with van der Waals surface area (Å²) >= 11 is 7.45. The van der Waals surface area contributed by atoms with Gasteiger partial charge in [0.1, 0.15) is 6.54 Å². The number of amides is 2. The Kier molecular flexibility index (Phi) is 6.22. The molecule has 136 valence electrons. The van der Waals surface area contributed by atoms with E-state index in [4.69, 9.17) is 11.6 Å². The van der Waals surface area contributed by atoms with Crippen LogP contribution in [0.5, 0.6) is 0 Å². The zero-order valence-electron chi connectivity index (χ0n) is 14.6. The molecule has 0 saturated carbocycles. The van der Waals surface area contributed by atoms with E-state index in [0.717, 1.165) is 29.0 Å². The minimum Gasteiger partial charge on any atom is -0.354 e. The largest absolute Gasteiger partial charge is 0.354 e. The number of rotatable bonds is 6. The lowest BCUT2D eigenvalue weighted by atomic mass is 10.1. The third-order valence-electron chi connectivity index (χ3n) is 4.29. The van der Waals surface area contributed by atoms with Gasteiger partial charge in [-0.05, 0) is 42.7 Å². The third-order valence-corrected chi connectivity index (χ3v) is 5.96. The van der Waals surface area contributed by atoms with Gasteiger partial charge in [0.15, 0.2) is 0 Å². The van der Waals surface area contributed by atoms with E-state index in [9.17, 15) is 9.59 Å². The van der Waals surface area contributed by atoms with Crippen molar-refractivity contribution in [2.75, 3.05) is 18.0 Å². The third kappa shape index (κ3) is 4.40. The van der Waals surface area contributed by atoms with Crippen molar-refractivity contribution in [2.45, 2.75) is 29.9 Å².